The molecule has 0 fully saturated rings. The minimum absolute atomic E-state index is 0.842. The Balaban J connectivity index is 1.90. The lowest BCUT2D eigenvalue weighted by Crippen LogP contribution is -2.01. The molecule has 0 saturated carbocycles. The highest BCUT2D eigenvalue weighted by molar-refractivity contribution is 5.67. The van der Waals surface area contributed by atoms with E-state index in [1.807, 2.05) is 18.5 Å². The molecule has 4 aromatic rings. The van der Waals surface area contributed by atoms with Crippen LogP contribution in [0.25, 0.3) is 28.6 Å². The van der Waals surface area contributed by atoms with Crippen LogP contribution in [0.4, 0.5) is 0 Å². The molecule has 3 aromatic heterocycles. The highest BCUT2D eigenvalue weighted by atomic mass is 15.3. The first kappa shape index (κ1) is 11.6. The van der Waals surface area contributed by atoms with E-state index in [0.29, 0.717) is 0 Å². The summed E-state index contributed by atoms with van der Waals surface area (Å²) in [6, 6.07) is 14.6. The van der Waals surface area contributed by atoms with E-state index in [9.17, 15) is 0 Å². The molecule has 5 nitrogen and oxygen atoms in total. The van der Waals surface area contributed by atoms with E-state index in [4.69, 9.17) is 0 Å². The van der Waals surface area contributed by atoms with Gasteiger partial charge in [-0.3, -0.25) is 4.57 Å². The van der Waals surface area contributed by atoms with E-state index in [-0.39, 0.29) is 0 Å². The van der Waals surface area contributed by atoms with Crippen molar-refractivity contribution in [2.75, 3.05) is 0 Å². The number of fused-ring (bicyclic) bond motifs is 5. The molecule has 1 N–H and O–H groups in total. The molecule has 1 aliphatic rings. The summed E-state index contributed by atoms with van der Waals surface area (Å²) in [7, 11) is 0. The molecule has 0 saturated heterocycles. The van der Waals surface area contributed by atoms with Gasteiger partial charge in [0.25, 0.3) is 0 Å². The number of benzene rings is 1. The molecule has 0 radical (unpaired) electrons. The number of nitrogens with zero attached hydrogens (tertiary/aromatic N) is 4. The van der Waals surface area contributed by atoms with Crippen molar-refractivity contribution in [3.8, 4) is 28.6 Å². The van der Waals surface area contributed by atoms with Crippen molar-refractivity contribution in [1.82, 2.24) is 24.3 Å². The maximum Gasteiger partial charge on any atom is 0.185 e. The van der Waals surface area contributed by atoms with Gasteiger partial charge in [0, 0.05) is 30.7 Å². The maximum atomic E-state index is 4.46. The first-order chi connectivity index (χ1) is 10.9. The lowest BCUT2D eigenvalue weighted by atomic mass is 10.1. The van der Waals surface area contributed by atoms with Gasteiger partial charge in [0.15, 0.2) is 11.6 Å². The van der Waals surface area contributed by atoms with Crippen LogP contribution in [0.3, 0.4) is 0 Å². The highest BCUT2D eigenvalue weighted by Crippen LogP contribution is 2.33. The maximum absolute atomic E-state index is 4.46. The Hall–Kier alpha value is -3.08. The molecule has 5 rings (SSSR count). The zero-order chi connectivity index (χ0) is 14.5. The monoisotopic (exact) mass is 287 g/mol. The first-order valence-electron chi connectivity index (χ1n) is 7.24. The van der Waals surface area contributed by atoms with Crippen molar-refractivity contribution >= 4 is 0 Å². The number of hydrogen-bond acceptors (Lipinski definition) is 2. The van der Waals surface area contributed by atoms with E-state index in [1.54, 1.807) is 0 Å². The number of para-hydroxylation sites is 1. The van der Waals surface area contributed by atoms with Gasteiger partial charge in [-0.2, -0.15) is 0 Å². The molecule has 0 aliphatic carbocycles. The average molecular weight is 287 g/mol. The smallest absolute Gasteiger partial charge is 0.185 e. The van der Waals surface area contributed by atoms with Crippen molar-refractivity contribution < 1.29 is 0 Å². The predicted molar refractivity (Wildman–Crippen MR) is 83.7 cm³/mol. The summed E-state index contributed by atoms with van der Waals surface area (Å²) in [5.74, 6) is 1.74. The van der Waals surface area contributed by atoms with Gasteiger partial charge in [0.05, 0.1) is 11.4 Å². The van der Waals surface area contributed by atoms with Crippen molar-refractivity contribution in [2.24, 2.45) is 0 Å². The topological polar surface area (TPSA) is 51.4 Å². The Bertz CT molecular complexity index is 959. The van der Waals surface area contributed by atoms with E-state index in [0.717, 1.165) is 35.1 Å². The third-order valence-electron chi connectivity index (χ3n) is 4.15. The van der Waals surface area contributed by atoms with Gasteiger partial charge < -0.3 is 9.55 Å². The zero-order valence-electron chi connectivity index (χ0n) is 11.8. The Morgan fingerprint density at radius 3 is 2.77 bits per heavy atom. The van der Waals surface area contributed by atoms with Gasteiger partial charge in [0.1, 0.15) is 0 Å². The summed E-state index contributed by atoms with van der Waals surface area (Å²) in [6.07, 6.45) is 5.94. The standard InChI is InChI=1S/C17H13N5/c1-2-5-14-13(4-1)11-21-9-3-6-15(21)17-20-19-16(22(14)17)12-7-8-18-10-12/h1-10,18H,11H2. The molecule has 0 amide bonds. The Morgan fingerprint density at radius 1 is 0.955 bits per heavy atom. The molecule has 22 heavy (non-hydrogen) atoms. The SMILES string of the molecule is c1ccc2c(c1)Cn1cccc1-c1nnc(-c3cc[nH]c3)n1-2. The zero-order valence-corrected chi connectivity index (χ0v) is 11.8. The van der Waals surface area contributed by atoms with Gasteiger partial charge in [-0.05, 0) is 29.8 Å². The fourth-order valence-corrected chi connectivity index (χ4v) is 3.13. The van der Waals surface area contributed by atoms with E-state index >= 15 is 0 Å². The summed E-state index contributed by atoms with van der Waals surface area (Å²) in [4.78, 5) is 3.09. The molecule has 4 heterocycles. The third kappa shape index (κ3) is 1.47. The largest absolute Gasteiger partial charge is 0.367 e. The number of aromatic nitrogens is 5. The van der Waals surface area contributed by atoms with Crippen LogP contribution in [-0.4, -0.2) is 24.3 Å². The average Bonchev–Trinajstić information content (AvgIpc) is 3.26. The number of nitrogens with one attached hydrogen (secondary N) is 1. The van der Waals surface area contributed by atoms with Crippen LogP contribution in [-0.2, 0) is 6.54 Å². The highest BCUT2D eigenvalue weighted by Gasteiger charge is 2.24. The van der Waals surface area contributed by atoms with Gasteiger partial charge in [0.2, 0.25) is 0 Å². The van der Waals surface area contributed by atoms with Gasteiger partial charge in [-0.15, -0.1) is 10.2 Å². The first-order valence-corrected chi connectivity index (χ1v) is 7.24. The minimum atomic E-state index is 0.842. The predicted octanol–water partition coefficient (Wildman–Crippen LogP) is 3.09. The lowest BCUT2D eigenvalue weighted by Gasteiger charge is -2.10. The van der Waals surface area contributed by atoms with Crippen molar-refractivity contribution in [2.45, 2.75) is 6.54 Å². The van der Waals surface area contributed by atoms with Crippen LogP contribution in [0, 0.1) is 0 Å². The molecule has 1 aliphatic heterocycles. The normalized spacial score (nSPS) is 12.4. The van der Waals surface area contributed by atoms with E-state index in [2.05, 4.69) is 66.9 Å². The van der Waals surface area contributed by atoms with Crippen LogP contribution in [0.1, 0.15) is 5.56 Å². The quantitative estimate of drug-likeness (QED) is 0.515. The number of aromatic amines is 1. The van der Waals surface area contributed by atoms with Crippen LogP contribution in [0.15, 0.2) is 61.1 Å². The number of hydrogen-bond donors (Lipinski definition) is 1. The molecule has 106 valence electrons. The summed E-state index contributed by atoms with van der Waals surface area (Å²) in [6.45, 7) is 0.842. The summed E-state index contributed by atoms with van der Waals surface area (Å²) < 4.78 is 4.37. The van der Waals surface area contributed by atoms with Crippen LogP contribution < -0.4 is 0 Å². The molecule has 0 bridgehead atoms. The van der Waals surface area contributed by atoms with Crippen LogP contribution >= 0.6 is 0 Å². The summed E-state index contributed by atoms with van der Waals surface area (Å²) >= 11 is 0. The fourth-order valence-electron chi connectivity index (χ4n) is 3.13. The fraction of sp³-hybridized carbons (Fsp3) is 0.0588. The second-order valence-corrected chi connectivity index (χ2v) is 5.43. The van der Waals surface area contributed by atoms with Gasteiger partial charge in [-0.1, -0.05) is 18.2 Å². The summed E-state index contributed by atoms with van der Waals surface area (Å²) in [5.41, 5.74) is 4.52. The molecular formula is C17H13N5. The van der Waals surface area contributed by atoms with Gasteiger partial charge in [-0.25, -0.2) is 0 Å². The van der Waals surface area contributed by atoms with Crippen molar-refractivity contribution in [1.29, 1.82) is 0 Å². The molecule has 1 aromatic carbocycles. The number of H-pyrrole nitrogens is 1. The van der Waals surface area contributed by atoms with E-state index in [1.165, 1.54) is 5.56 Å². The van der Waals surface area contributed by atoms with Crippen molar-refractivity contribution in [3.63, 3.8) is 0 Å². The molecular weight excluding hydrogens is 274 g/mol. The second-order valence-electron chi connectivity index (χ2n) is 5.43. The Labute approximate surface area is 126 Å². The molecule has 0 spiro atoms. The molecule has 5 heteroatoms. The second kappa shape index (κ2) is 4.21. The molecule has 0 unspecified atom stereocenters. The Morgan fingerprint density at radius 2 is 1.86 bits per heavy atom. The van der Waals surface area contributed by atoms with Crippen molar-refractivity contribution in [3.05, 3.63) is 66.6 Å². The van der Waals surface area contributed by atoms with Crippen LogP contribution in [0.2, 0.25) is 0 Å². The lowest BCUT2D eigenvalue weighted by molar-refractivity contribution is 0.816. The minimum Gasteiger partial charge on any atom is -0.367 e. The Kier molecular flexibility index (Phi) is 2.21. The number of rotatable bonds is 1. The van der Waals surface area contributed by atoms with Gasteiger partial charge >= 0.3 is 0 Å². The summed E-state index contributed by atoms with van der Waals surface area (Å²) in [5, 5.41) is 8.90. The van der Waals surface area contributed by atoms with Crippen LogP contribution in [0.5, 0.6) is 0 Å². The third-order valence-corrected chi connectivity index (χ3v) is 4.15. The molecule has 0 atom stereocenters. The van der Waals surface area contributed by atoms with E-state index < -0.39 is 0 Å².